The maximum Gasteiger partial charge on any atom is 0.330 e. The third-order valence-electron chi connectivity index (χ3n) is 6.89. The van der Waals surface area contributed by atoms with Gasteiger partial charge in [0, 0.05) is 19.1 Å². The van der Waals surface area contributed by atoms with E-state index in [1.54, 1.807) is 13.4 Å². The first kappa shape index (κ1) is 35.6. The number of thioether (sulfide) groups is 1. The number of hydrogen-bond donors (Lipinski definition) is 3. The smallest absolute Gasteiger partial charge is 0.330 e. The van der Waals surface area contributed by atoms with Crippen molar-refractivity contribution in [2.24, 2.45) is 5.73 Å². The van der Waals surface area contributed by atoms with Crippen LogP contribution in [0.25, 0.3) is 0 Å². The van der Waals surface area contributed by atoms with Crippen LogP contribution in [0.2, 0.25) is 0 Å². The van der Waals surface area contributed by atoms with Crippen molar-refractivity contribution in [3.8, 4) is 5.75 Å². The summed E-state index contributed by atoms with van der Waals surface area (Å²) in [7, 11) is -2.09. The maximum absolute atomic E-state index is 13.6. The molecule has 0 bridgehead atoms. The van der Waals surface area contributed by atoms with Gasteiger partial charge in [-0.25, -0.2) is 13.2 Å². The van der Waals surface area contributed by atoms with Crippen LogP contribution in [0.5, 0.6) is 5.75 Å². The fourth-order valence-corrected chi connectivity index (χ4v) is 7.21. The van der Waals surface area contributed by atoms with Crippen LogP contribution in [-0.2, 0) is 37.1 Å². The zero-order valence-corrected chi connectivity index (χ0v) is 26.8. The highest BCUT2D eigenvalue weighted by molar-refractivity contribution is 7.99. The molecule has 1 amide bonds. The Balaban J connectivity index is 2.26. The van der Waals surface area contributed by atoms with E-state index < -0.39 is 50.9 Å². The molecule has 0 saturated heterocycles. The monoisotopic (exact) mass is 621 g/mol. The largest absolute Gasteiger partial charge is 0.497 e. The van der Waals surface area contributed by atoms with Crippen molar-refractivity contribution in [2.45, 2.75) is 75.9 Å². The number of benzene rings is 2. The quantitative estimate of drug-likeness (QED) is 0.190. The molecule has 0 fully saturated rings. The predicted molar refractivity (Wildman–Crippen MR) is 170 cm³/mol. The van der Waals surface area contributed by atoms with Crippen LogP contribution in [-0.4, -0.2) is 75.1 Å². The summed E-state index contributed by atoms with van der Waals surface area (Å²) in [6.45, 7) is 4.56. The molecule has 3 atom stereocenters. The second-order valence-electron chi connectivity index (χ2n) is 10.4. The third kappa shape index (κ3) is 12.3. The van der Waals surface area contributed by atoms with E-state index in [0.29, 0.717) is 38.6 Å². The van der Waals surface area contributed by atoms with Gasteiger partial charge >= 0.3 is 5.97 Å². The van der Waals surface area contributed by atoms with Gasteiger partial charge in [-0.15, -0.1) is 0 Å². The molecule has 234 valence electrons. The minimum absolute atomic E-state index is 0.0935. The highest BCUT2D eigenvalue weighted by atomic mass is 32.2. The molecular weight excluding hydrogens is 574 g/mol. The maximum atomic E-state index is 13.6. The summed E-state index contributed by atoms with van der Waals surface area (Å²) < 4.78 is 38.0. The molecule has 0 spiro atoms. The van der Waals surface area contributed by atoms with Crippen LogP contribution in [0.1, 0.15) is 50.7 Å². The minimum atomic E-state index is -3.70. The molecule has 11 heteroatoms. The summed E-state index contributed by atoms with van der Waals surface area (Å²) in [4.78, 5) is 26.1. The van der Waals surface area contributed by atoms with Crippen molar-refractivity contribution < 1.29 is 27.5 Å². The van der Waals surface area contributed by atoms with Crippen molar-refractivity contribution >= 4 is 33.5 Å². The topological polar surface area (TPSA) is 137 Å². The number of rotatable bonds is 20. The normalized spacial score (nSPS) is 13.8. The lowest BCUT2D eigenvalue weighted by atomic mass is 10.0. The Kier molecular flexibility index (Phi) is 16.0. The number of sulfone groups is 1. The van der Waals surface area contributed by atoms with Crippen molar-refractivity contribution in [1.82, 2.24) is 10.6 Å². The molecule has 0 aliphatic carbocycles. The summed E-state index contributed by atoms with van der Waals surface area (Å²) in [5, 5.41) is 5.33. The van der Waals surface area contributed by atoms with Gasteiger partial charge in [-0.05, 0) is 48.8 Å². The average Bonchev–Trinajstić information content (AvgIpc) is 2.96. The first-order chi connectivity index (χ1) is 20.1. The number of esters is 1. The number of methoxy groups -OCH3 is 1. The molecule has 0 radical (unpaired) electrons. The Hall–Kier alpha value is -2.60. The summed E-state index contributed by atoms with van der Waals surface area (Å²) in [5.74, 6) is -0.933. The van der Waals surface area contributed by atoms with Crippen LogP contribution >= 0.6 is 11.8 Å². The van der Waals surface area contributed by atoms with Gasteiger partial charge in [0.25, 0.3) is 0 Å². The van der Waals surface area contributed by atoms with Crippen molar-refractivity contribution in [3.05, 3.63) is 65.7 Å². The highest BCUT2D eigenvalue weighted by Gasteiger charge is 2.35. The van der Waals surface area contributed by atoms with Crippen LogP contribution in [0, 0.1) is 0 Å². The molecule has 0 heterocycles. The third-order valence-corrected chi connectivity index (χ3v) is 9.73. The summed E-state index contributed by atoms with van der Waals surface area (Å²) in [6.07, 6.45) is 3.81. The van der Waals surface area contributed by atoms with Gasteiger partial charge in [0.1, 0.15) is 17.9 Å². The van der Waals surface area contributed by atoms with Crippen LogP contribution in [0.3, 0.4) is 0 Å². The van der Waals surface area contributed by atoms with Crippen molar-refractivity contribution in [2.75, 3.05) is 31.4 Å². The molecule has 4 N–H and O–H groups in total. The first-order valence-corrected chi connectivity index (χ1v) is 17.6. The van der Waals surface area contributed by atoms with Gasteiger partial charge in [0.05, 0.1) is 23.9 Å². The van der Waals surface area contributed by atoms with E-state index in [4.69, 9.17) is 15.2 Å². The van der Waals surface area contributed by atoms with E-state index in [1.807, 2.05) is 68.4 Å². The zero-order valence-electron chi connectivity index (χ0n) is 25.2. The lowest BCUT2D eigenvalue weighted by Crippen LogP contribution is -2.52. The molecule has 0 saturated carbocycles. The first-order valence-electron chi connectivity index (χ1n) is 14.5. The number of carbonyl (C=O) groups excluding carboxylic acids is 2. The number of nitrogens with one attached hydrogen (secondary N) is 2. The Morgan fingerprint density at radius 1 is 1.00 bits per heavy atom. The van der Waals surface area contributed by atoms with Gasteiger partial charge in [-0.1, -0.05) is 69.2 Å². The Morgan fingerprint density at radius 2 is 1.67 bits per heavy atom. The Bertz CT molecular complexity index is 1190. The van der Waals surface area contributed by atoms with Gasteiger partial charge in [-0.3, -0.25) is 4.79 Å². The standard InChI is InChI=1S/C31H47N3O6S2/c1-5-11-26(12-6-2)42(37,38)22-28(34-30(35)21-41-4)31(36)40-29(27(32)18-23-13-8-7-9-14-23)20-33-19-24-15-10-16-25(17-24)39-3/h7-10,13-17,26-29,33H,5-6,11-12,18-22,32H2,1-4H3,(H,34,35)/t27-,28-,29+/m0/s1. The van der Waals surface area contributed by atoms with E-state index in [9.17, 15) is 18.0 Å². The second-order valence-corrected chi connectivity index (χ2v) is 13.6. The number of carbonyl (C=O) groups is 2. The zero-order chi connectivity index (χ0) is 31.0. The van der Waals surface area contributed by atoms with E-state index >= 15 is 0 Å². The fraction of sp³-hybridized carbons (Fsp3) is 0.548. The molecule has 0 aliphatic heterocycles. The Morgan fingerprint density at radius 3 is 2.29 bits per heavy atom. The molecule has 9 nitrogen and oxygen atoms in total. The predicted octanol–water partition coefficient (Wildman–Crippen LogP) is 3.50. The molecule has 2 aromatic carbocycles. The Labute approximate surface area is 255 Å². The molecule has 2 rings (SSSR count). The molecular formula is C31H47N3O6S2. The van der Waals surface area contributed by atoms with Gasteiger partial charge in [-0.2, -0.15) is 11.8 Å². The summed E-state index contributed by atoms with van der Waals surface area (Å²) in [6, 6.07) is 15.3. The van der Waals surface area contributed by atoms with Gasteiger partial charge in [0.15, 0.2) is 9.84 Å². The highest BCUT2D eigenvalue weighted by Crippen LogP contribution is 2.18. The second kappa shape index (κ2) is 18.8. The number of nitrogens with two attached hydrogens (primary N) is 1. The van der Waals surface area contributed by atoms with Crippen molar-refractivity contribution in [1.29, 1.82) is 0 Å². The molecule has 2 aromatic rings. The lowest BCUT2D eigenvalue weighted by Gasteiger charge is -2.28. The summed E-state index contributed by atoms with van der Waals surface area (Å²) >= 11 is 1.28. The van der Waals surface area contributed by atoms with Gasteiger partial charge < -0.3 is 25.8 Å². The molecule has 42 heavy (non-hydrogen) atoms. The molecule has 0 aromatic heterocycles. The average molecular weight is 622 g/mol. The molecule has 0 unspecified atom stereocenters. The van der Waals surface area contributed by atoms with E-state index in [0.717, 1.165) is 16.9 Å². The van der Waals surface area contributed by atoms with Gasteiger partial charge in [0.2, 0.25) is 5.91 Å². The number of amides is 1. The lowest BCUT2D eigenvalue weighted by molar-refractivity contribution is -0.153. The summed E-state index contributed by atoms with van der Waals surface area (Å²) in [5.41, 5.74) is 8.54. The van der Waals surface area contributed by atoms with Crippen LogP contribution < -0.4 is 21.1 Å². The minimum Gasteiger partial charge on any atom is -0.497 e. The number of ether oxygens (including phenoxy) is 2. The van der Waals surface area contributed by atoms with E-state index in [1.165, 1.54) is 11.8 Å². The van der Waals surface area contributed by atoms with E-state index in [2.05, 4.69) is 10.6 Å². The van der Waals surface area contributed by atoms with Crippen molar-refractivity contribution in [3.63, 3.8) is 0 Å². The molecule has 0 aliphatic rings. The van der Waals surface area contributed by atoms with Crippen LogP contribution in [0.15, 0.2) is 54.6 Å². The SMILES string of the molecule is CCCC(CCC)S(=O)(=O)C[C@H](NC(=O)CSC)C(=O)O[C@H](CNCc1cccc(OC)c1)[C@@H](N)Cc1ccccc1. The van der Waals surface area contributed by atoms with E-state index in [-0.39, 0.29) is 12.3 Å². The van der Waals surface area contributed by atoms with Crippen LogP contribution in [0.4, 0.5) is 0 Å². The fourth-order valence-electron chi connectivity index (χ4n) is 4.72. The number of hydrogen-bond acceptors (Lipinski definition) is 9.